The number of aromatic nitrogens is 1. The van der Waals surface area contributed by atoms with Gasteiger partial charge < -0.3 is 9.73 Å². The predicted molar refractivity (Wildman–Crippen MR) is 130 cm³/mol. The summed E-state index contributed by atoms with van der Waals surface area (Å²) < 4.78 is 5.99. The van der Waals surface area contributed by atoms with E-state index in [0.29, 0.717) is 23.1 Å². The summed E-state index contributed by atoms with van der Waals surface area (Å²) >= 11 is 0. The van der Waals surface area contributed by atoms with Gasteiger partial charge in [0, 0.05) is 16.8 Å². The average Bonchev–Trinajstić information content (AvgIpc) is 3.27. The highest BCUT2D eigenvalue weighted by Gasteiger charge is 2.13. The maximum absolute atomic E-state index is 12.8. The minimum Gasteiger partial charge on any atom is -0.436 e. The van der Waals surface area contributed by atoms with Gasteiger partial charge in [-0.15, -0.1) is 0 Å². The Labute approximate surface area is 186 Å². The third-order valence-corrected chi connectivity index (χ3v) is 5.97. The molecular weight excluding hydrogens is 396 g/mol. The van der Waals surface area contributed by atoms with Crippen molar-refractivity contribution in [2.24, 2.45) is 0 Å². The molecule has 0 fully saturated rings. The molecule has 0 saturated heterocycles. The van der Waals surface area contributed by atoms with Crippen LogP contribution >= 0.6 is 0 Å². The third kappa shape index (κ3) is 3.87. The number of nitrogens with one attached hydrogen (secondary N) is 1. The second-order valence-corrected chi connectivity index (χ2v) is 8.15. The van der Waals surface area contributed by atoms with Gasteiger partial charge in [0.15, 0.2) is 5.58 Å². The Bertz CT molecular complexity index is 1430. The van der Waals surface area contributed by atoms with E-state index in [2.05, 4.69) is 31.3 Å². The van der Waals surface area contributed by atoms with E-state index in [1.165, 1.54) is 5.56 Å². The molecule has 1 atom stereocenters. The Kier molecular flexibility index (Phi) is 5.20. The molecule has 4 nitrogen and oxygen atoms in total. The molecule has 1 heterocycles. The summed E-state index contributed by atoms with van der Waals surface area (Å²) in [5, 5.41) is 5.14. The number of carbonyl (C=O) groups excluding carboxylic acids is 1. The number of anilines is 1. The first-order valence-corrected chi connectivity index (χ1v) is 10.9. The molecule has 4 heteroatoms. The minimum absolute atomic E-state index is 0.149. The Morgan fingerprint density at radius 3 is 2.62 bits per heavy atom. The molecule has 0 bridgehead atoms. The van der Waals surface area contributed by atoms with Gasteiger partial charge in [-0.25, -0.2) is 4.98 Å². The van der Waals surface area contributed by atoms with E-state index in [1.54, 1.807) is 0 Å². The van der Waals surface area contributed by atoms with E-state index < -0.39 is 0 Å². The fraction of sp³-hybridized carbons (Fsp3) is 0.143. The van der Waals surface area contributed by atoms with Gasteiger partial charge in [0.25, 0.3) is 5.91 Å². The lowest BCUT2D eigenvalue weighted by Crippen LogP contribution is -2.11. The van der Waals surface area contributed by atoms with E-state index in [0.717, 1.165) is 33.9 Å². The second kappa shape index (κ2) is 8.31. The van der Waals surface area contributed by atoms with Gasteiger partial charge in [0.1, 0.15) is 5.52 Å². The Balaban J connectivity index is 1.40. The fourth-order valence-electron chi connectivity index (χ4n) is 3.87. The van der Waals surface area contributed by atoms with Crippen LogP contribution in [0, 0.1) is 0 Å². The van der Waals surface area contributed by atoms with Crippen molar-refractivity contribution < 1.29 is 9.21 Å². The maximum atomic E-state index is 12.8. The van der Waals surface area contributed by atoms with Crippen molar-refractivity contribution in [2.45, 2.75) is 26.2 Å². The van der Waals surface area contributed by atoms with Crippen LogP contribution in [-0.2, 0) is 0 Å². The van der Waals surface area contributed by atoms with E-state index in [1.807, 2.05) is 72.8 Å². The van der Waals surface area contributed by atoms with Gasteiger partial charge in [-0.1, -0.05) is 56.3 Å². The van der Waals surface area contributed by atoms with E-state index >= 15 is 0 Å². The topological polar surface area (TPSA) is 55.1 Å². The monoisotopic (exact) mass is 420 g/mol. The van der Waals surface area contributed by atoms with Crippen molar-refractivity contribution >= 4 is 33.5 Å². The van der Waals surface area contributed by atoms with Gasteiger partial charge in [0.05, 0.1) is 0 Å². The molecule has 0 aliphatic carbocycles. The summed E-state index contributed by atoms with van der Waals surface area (Å²) in [7, 11) is 0. The second-order valence-electron chi connectivity index (χ2n) is 8.15. The van der Waals surface area contributed by atoms with Gasteiger partial charge in [-0.05, 0) is 71.1 Å². The number of hydrogen-bond donors (Lipinski definition) is 1. The molecule has 0 saturated carbocycles. The molecule has 158 valence electrons. The van der Waals surface area contributed by atoms with Crippen LogP contribution in [0.2, 0.25) is 0 Å². The van der Waals surface area contributed by atoms with E-state index in [-0.39, 0.29) is 5.91 Å². The summed E-state index contributed by atoms with van der Waals surface area (Å²) in [6.07, 6.45) is 1.08. The number of carbonyl (C=O) groups is 1. The quantitative estimate of drug-likeness (QED) is 0.322. The zero-order chi connectivity index (χ0) is 22.1. The van der Waals surface area contributed by atoms with Crippen molar-refractivity contribution in [3.63, 3.8) is 0 Å². The number of fused-ring (bicyclic) bond motifs is 2. The predicted octanol–water partition coefficient (Wildman–Crippen LogP) is 7.41. The molecule has 0 spiro atoms. The zero-order valence-corrected chi connectivity index (χ0v) is 18.1. The summed E-state index contributed by atoms with van der Waals surface area (Å²) in [5.74, 6) is 0.875. The van der Waals surface area contributed by atoms with Crippen LogP contribution in [0.25, 0.3) is 33.3 Å². The first kappa shape index (κ1) is 20.0. The lowest BCUT2D eigenvalue weighted by Gasteiger charge is -2.07. The van der Waals surface area contributed by atoms with Crippen LogP contribution in [0.3, 0.4) is 0 Å². The summed E-state index contributed by atoms with van der Waals surface area (Å²) in [5.41, 5.74) is 5.01. The molecule has 1 aromatic heterocycles. The summed E-state index contributed by atoms with van der Waals surface area (Å²) in [6.45, 7) is 4.39. The van der Waals surface area contributed by atoms with Crippen molar-refractivity contribution in [1.82, 2.24) is 4.98 Å². The number of rotatable bonds is 5. The van der Waals surface area contributed by atoms with Gasteiger partial charge >= 0.3 is 0 Å². The highest BCUT2D eigenvalue weighted by Crippen LogP contribution is 2.29. The lowest BCUT2D eigenvalue weighted by atomic mass is 9.98. The highest BCUT2D eigenvalue weighted by molar-refractivity contribution is 6.06. The number of amides is 1. The summed E-state index contributed by atoms with van der Waals surface area (Å²) in [4.78, 5) is 17.5. The molecule has 0 aliphatic heterocycles. The van der Waals surface area contributed by atoms with Crippen molar-refractivity contribution in [2.75, 3.05) is 5.32 Å². The largest absolute Gasteiger partial charge is 0.436 e. The standard InChI is InChI=1S/C28H24N2O2/c1-3-18(2)20-13-14-26-25(17-20)30-28(32-26)23-9-6-10-24(16-23)29-27(31)22-12-11-19-7-4-5-8-21(19)15-22/h4-18H,3H2,1-2H3,(H,29,31)/t18-/m0/s1. The molecule has 5 aromatic rings. The third-order valence-electron chi connectivity index (χ3n) is 5.97. The SMILES string of the molecule is CC[C@H](C)c1ccc2oc(-c3cccc(NC(=O)c4ccc5ccccc5c4)c3)nc2c1. The Morgan fingerprint density at radius 1 is 0.938 bits per heavy atom. The molecule has 5 rings (SSSR count). The van der Waals surface area contributed by atoms with Gasteiger partial charge in [-0.2, -0.15) is 0 Å². The molecule has 1 N–H and O–H groups in total. The Morgan fingerprint density at radius 2 is 1.78 bits per heavy atom. The summed E-state index contributed by atoms with van der Waals surface area (Å²) in [6, 6.07) is 27.5. The molecule has 32 heavy (non-hydrogen) atoms. The minimum atomic E-state index is -0.149. The highest BCUT2D eigenvalue weighted by atomic mass is 16.3. The van der Waals surface area contributed by atoms with Crippen LogP contribution in [-0.4, -0.2) is 10.9 Å². The van der Waals surface area contributed by atoms with Crippen molar-refractivity contribution in [1.29, 1.82) is 0 Å². The average molecular weight is 421 g/mol. The first-order valence-electron chi connectivity index (χ1n) is 10.9. The Hall–Kier alpha value is -3.92. The molecular formula is C28H24N2O2. The van der Waals surface area contributed by atoms with Crippen LogP contribution in [0.15, 0.2) is 89.3 Å². The number of hydrogen-bond acceptors (Lipinski definition) is 3. The van der Waals surface area contributed by atoms with Crippen molar-refractivity contribution in [3.05, 3.63) is 96.1 Å². The number of oxazole rings is 1. The normalized spacial score (nSPS) is 12.2. The fourth-order valence-corrected chi connectivity index (χ4v) is 3.87. The van der Waals surface area contributed by atoms with Crippen LogP contribution < -0.4 is 5.32 Å². The molecule has 0 unspecified atom stereocenters. The zero-order valence-electron chi connectivity index (χ0n) is 18.1. The molecule has 1 amide bonds. The van der Waals surface area contributed by atoms with E-state index in [9.17, 15) is 4.79 Å². The van der Waals surface area contributed by atoms with Crippen LogP contribution in [0.4, 0.5) is 5.69 Å². The maximum Gasteiger partial charge on any atom is 0.255 e. The smallest absolute Gasteiger partial charge is 0.255 e. The van der Waals surface area contributed by atoms with Gasteiger partial charge in [-0.3, -0.25) is 4.79 Å². The molecule has 0 aliphatic rings. The lowest BCUT2D eigenvalue weighted by molar-refractivity contribution is 0.102. The first-order chi connectivity index (χ1) is 15.6. The van der Waals surface area contributed by atoms with Gasteiger partial charge in [0.2, 0.25) is 5.89 Å². The van der Waals surface area contributed by atoms with E-state index in [4.69, 9.17) is 9.40 Å². The van der Waals surface area contributed by atoms with Crippen molar-refractivity contribution in [3.8, 4) is 11.5 Å². The molecule has 0 radical (unpaired) electrons. The van der Waals surface area contributed by atoms with Crippen LogP contribution in [0.5, 0.6) is 0 Å². The number of benzene rings is 4. The molecule has 4 aromatic carbocycles. The van der Waals surface area contributed by atoms with Crippen LogP contribution in [0.1, 0.15) is 42.1 Å². The number of nitrogens with zero attached hydrogens (tertiary/aromatic N) is 1.